The molecule has 0 spiro atoms. The van der Waals surface area contributed by atoms with Crippen LogP contribution >= 0.6 is 11.6 Å². The van der Waals surface area contributed by atoms with E-state index in [0.29, 0.717) is 5.56 Å². The predicted octanol–water partition coefficient (Wildman–Crippen LogP) is 3.43. The van der Waals surface area contributed by atoms with Crippen LogP contribution in [0.2, 0.25) is 5.02 Å². The Labute approximate surface area is 106 Å². The Bertz CT molecular complexity index is 462. The third kappa shape index (κ3) is 4.70. The summed E-state index contributed by atoms with van der Waals surface area (Å²) in [5, 5.41) is 0.840. The molecule has 3 heteroatoms. The highest BCUT2D eigenvalue weighted by Gasteiger charge is 1.93. The van der Waals surface area contributed by atoms with Crippen LogP contribution in [0.3, 0.4) is 0 Å². The summed E-state index contributed by atoms with van der Waals surface area (Å²) in [5.41, 5.74) is 6.66. The van der Waals surface area contributed by atoms with Crippen LogP contribution < -0.4 is 5.73 Å². The lowest BCUT2D eigenvalue weighted by molar-refractivity contribution is 0.100. The number of carbonyl (C=O) groups excluding carboxylic acids is 1. The van der Waals surface area contributed by atoms with Gasteiger partial charge in [0.2, 0.25) is 5.91 Å². The molecule has 0 fully saturated rings. The van der Waals surface area contributed by atoms with E-state index in [-0.39, 0.29) is 5.91 Å². The van der Waals surface area contributed by atoms with Gasteiger partial charge in [0.05, 0.1) is 0 Å². The van der Waals surface area contributed by atoms with E-state index >= 15 is 0 Å². The zero-order chi connectivity index (χ0) is 12.7. The molecule has 0 aliphatic heterocycles. The monoisotopic (exact) mass is 247 g/mol. The van der Waals surface area contributed by atoms with Crippen molar-refractivity contribution in [2.45, 2.75) is 6.92 Å². The molecule has 0 atom stereocenters. The van der Waals surface area contributed by atoms with Gasteiger partial charge in [0.25, 0.3) is 0 Å². The third-order valence-electron chi connectivity index (χ3n) is 2.13. The summed E-state index contributed by atoms with van der Waals surface area (Å²) >= 11 is 5.71. The Morgan fingerprint density at radius 3 is 1.88 bits per heavy atom. The molecule has 2 aromatic carbocycles. The maximum atomic E-state index is 10.4. The van der Waals surface area contributed by atoms with Crippen molar-refractivity contribution in [2.24, 2.45) is 5.73 Å². The Morgan fingerprint density at radius 1 is 1.00 bits per heavy atom. The number of hydrogen-bond donors (Lipinski definition) is 1. The maximum absolute atomic E-state index is 10.4. The van der Waals surface area contributed by atoms with Gasteiger partial charge < -0.3 is 5.73 Å². The Morgan fingerprint density at radius 2 is 1.53 bits per heavy atom. The van der Waals surface area contributed by atoms with Crippen LogP contribution in [-0.2, 0) is 0 Å². The molecule has 0 unspecified atom stereocenters. The molecule has 2 rings (SSSR count). The number of rotatable bonds is 1. The number of halogens is 1. The van der Waals surface area contributed by atoms with Gasteiger partial charge in [-0.25, -0.2) is 0 Å². The molecule has 0 saturated carbocycles. The average Bonchev–Trinajstić information content (AvgIpc) is 2.35. The lowest BCUT2D eigenvalue weighted by Crippen LogP contribution is -2.09. The summed E-state index contributed by atoms with van der Waals surface area (Å²) in [7, 11) is 0. The van der Waals surface area contributed by atoms with E-state index in [1.165, 1.54) is 0 Å². The second-order valence-corrected chi connectivity index (χ2v) is 3.89. The highest BCUT2D eigenvalue weighted by Crippen LogP contribution is 2.11. The summed E-state index contributed by atoms with van der Waals surface area (Å²) in [6.45, 7) is 1.99. The van der Waals surface area contributed by atoms with Crippen molar-refractivity contribution in [1.82, 2.24) is 0 Å². The molecule has 0 aromatic heterocycles. The Balaban J connectivity index is 0.000000171. The summed E-state index contributed by atoms with van der Waals surface area (Å²) in [5.74, 6) is -0.379. The first kappa shape index (κ1) is 13.3. The summed E-state index contributed by atoms with van der Waals surface area (Å²) < 4.78 is 0. The van der Waals surface area contributed by atoms with E-state index < -0.39 is 0 Å². The zero-order valence-electron chi connectivity index (χ0n) is 9.56. The standard InChI is InChI=1S/C7H7Cl.C7H7NO/c1-6-4-2-3-5-7(6)8;8-7(9)6-4-2-1-3-5-6/h2-5H,1H3;1-5H,(H2,8,9). The highest BCUT2D eigenvalue weighted by atomic mass is 35.5. The van der Waals surface area contributed by atoms with Gasteiger partial charge in [0.15, 0.2) is 0 Å². The van der Waals surface area contributed by atoms with Crippen molar-refractivity contribution in [3.8, 4) is 0 Å². The third-order valence-corrected chi connectivity index (χ3v) is 2.56. The minimum Gasteiger partial charge on any atom is -0.366 e. The van der Waals surface area contributed by atoms with Crippen LogP contribution in [0.5, 0.6) is 0 Å². The van der Waals surface area contributed by atoms with Gasteiger partial charge in [-0.1, -0.05) is 48.0 Å². The van der Waals surface area contributed by atoms with E-state index in [0.717, 1.165) is 10.6 Å². The van der Waals surface area contributed by atoms with Crippen LogP contribution in [0.25, 0.3) is 0 Å². The summed E-state index contributed by atoms with van der Waals surface area (Å²) in [6, 6.07) is 16.5. The van der Waals surface area contributed by atoms with Gasteiger partial charge in [-0.15, -0.1) is 0 Å². The van der Waals surface area contributed by atoms with Crippen LogP contribution in [0.1, 0.15) is 15.9 Å². The molecule has 0 aliphatic carbocycles. The molecular weight excluding hydrogens is 234 g/mol. The lowest BCUT2D eigenvalue weighted by atomic mass is 10.2. The predicted molar refractivity (Wildman–Crippen MR) is 71.1 cm³/mol. The lowest BCUT2D eigenvalue weighted by Gasteiger charge is -1.90. The molecule has 88 valence electrons. The molecule has 17 heavy (non-hydrogen) atoms. The molecule has 0 aliphatic rings. The average molecular weight is 248 g/mol. The van der Waals surface area contributed by atoms with Crippen LogP contribution in [0.4, 0.5) is 0 Å². The van der Waals surface area contributed by atoms with Gasteiger partial charge >= 0.3 is 0 Å². The molecule has 1 amide bonds. The largest absolute Gasteiger partial charge is 0.366 e. The smallest absolute Gasteiger partial charge is 0.248 e. The van der Waals surface area contributed by atoms with E-state index in [1.54, 1.807) is 24.3 Å². The molecule has 2 nitrogen and oxygen atoms in total. The molecule has 2 N–H and O–H groups in total. The van der Waals surface area contributed by atoms with Gasteiger partial charge in [-0.3, -0.25) is 4.79 Å². The molecule has 0 saturated heterocycles. The topological polar surface area (TPSA) is 43.1 Å². The van der Waals surface area contributed by atoms with Crippen molar-refractivity contribution < 1.29 is 4.79 Å². The number of benzene rings is 2. The minimum absolute atomic E-state index is 0.379. The normalized spacial score (nSPS) is 9.06. The van der Waals surface area contributed by atoms with E-state index in [9.17, 15) is 4.79 Å². The van der Waals surface area contributed by atoms with Crippen molar-refractivity contribution in [2.75, 3.05) is 0 Å². The number of nitrogens with two attached hydrogens (primary N) is 1. The number of primary amides is 1. The van der Waals surface area contributed by atoms with Crippen molar-refractivity contribution in [1.29, 1.82) is 0 Å². The number of amides is 1. The van der Waals surface area contributed by atoms with Crippen LogP contribution in [0, 0.1) is 6.92 Å². The zero-order valence-corrected chi connectivity index (χ0v) is 10.3. The minimum atomic E-state index is -0.379. The van der Waals surface area contributed by atoms with E-state index in [2.05, 4.69) is 0 Å². The molecule has 0 heterocycles. The van der Waals surface area contributed by atoms with Crippen LogP contribution in [0.15, 0.2) is 54.6 Å². The molecule has 0 radical (unpaired) electrons. The second-order valence-electron chi connectivity index (χ2n) is 3.48. The van der Waals surface area contributed by atoms with Gasteiger partial charge in [-0.05, 0) is 30.7 Å². The highest BCUT2D eigenvalue weighted by molar-refractivity contribution is 6.31. The first-order chi connectivity index (χ1) is 8.11. The van der Waals surface area contributed by atoms with E-state index in [4.69, 9.17) is 17.3 Å². The molecule has 0 bridgehead atoms. The second kappa shape index (κ2) is 6.71. The first-order valence-electron chi connectivity index (χ1n) is 5.17. The SMILES string of the molecule is Cc1ccccc1Cl.NC(=O)c1ccccc1. The summed E-state index contributed by atoms with van der Waals surface area (Å²) in [4.78, 5) is 10.4. The number of aryl methyl sites for hydroxylation is 1. The molecular formula is C14H14ClNO. The summed E-state index contributed by atoms with van der Waals surface area (Å²) in [6.07, 6.45) is 0. The van der Waals surface area contributed by atoms with E-state index in [1.807, 2.05) is 37.3 Å². The number of carbonyl (C=O) groups is 1. The Kier molecular flexibility index (Phi) is 5.24. The quantitative estimate of drug-likeness (QED) is 0.824. The van der Waals surface area contributed by atoms with Crippen molar-refractivity contribution >= 4 is 17.5 Å². The van der Waals surface area contributed by atoms with Crippen molar-refractivity contribution in [3.05, 3.63) is 70.7 Å². The van der Waals surface area contributed by atoms with Gasteiger partial charge in [0.1, 0.15) is 0 Å². The maximum Gasteiger partial charge on any atom is 0.248 e. The fourth-order valence-electron chi connectivity index (χ4n) is 1.15. The fraction of sp³-hybridized carbons (Fsp3) is 0.0714. The van der Waals surface area contributed by atoms with Crippen LogP contribution in [-0.4, -0.2) is 5.91 Å². The van der Waals surface area contributed by atoms with Gasteiger partial charge in [-0.2, -0.15) is 0 Å². The fourth-order valence-corrected chi connectivity index (χ4v) is 1.29. The Hall–Kier alpha value is -1.80. The van der Waals surface area contributed by atoms with Crippen molar-refractivity contribution in [3.63, 3.8) is 0 Å². The number of hydrogen-bond acceptors (Lipinski definition) is 1. The molecule has 2 aromatic rings. The first-order valence-corrected chi connectivity index (χ1v) is 5.55. The van der Waals surface area contributed by atoms with Gasteiger partial charge in [0, 0.05) is 10.6 Å².